The number of carbonyl (C=O) groups excluding carboxylic acids is 1. The highest BCUT2D eigenvalue weighted by Crippen LogP contribution is 2.38. The molecule has 0 aromatic carbocycles. The average molecular weight is 433 g/mol. The first-order chi connectivity index (χ1) is 14.2. The first-order valence-corrected chi connectivity index (χ1v) is 10.1. The van der Waals surface area contributed by atoms with Crippen LogP contribution in [0.2, 0.25) is 0 Å². The van der Waals surface area contributed by atoms with Crippen molar-refractivity contribution < 1.29 is 31.8 Å². The van der Waals surface area contributed by atoms with Gasteiger partial charge in [-0.15, -0.1) is 0 Å². The normalized spacial score (nSPS) is 27.0. The zero-order valence-corrected chi connectivity index (χ0v) is 17.0. The molecule has 0 spiro atoms. The molecule has 2 unspecified atom stereocenters. The molecule has 2 fully saturated rings. The van der Waals surface area contributed by atoms with Crippen LogP contribution in [0.15, 0.2) is 6.07 Å². The third-order valence-corrected chi connectivity index (χ3v) is 5.71. The van der Waals surface area contributed by atoms with E-state index < -0.39 is 24.0 Å². The number of pyridine rings is 1. The van der Waals surface area contributed by atoms with E-state index in [1.165, 1.54) is 13.2 Å². The van der Waals surface area contributed by atoms with E-state index in [1.54, 1.807) is 0 Å². The number of nitrogens with one attached hydrogen (secondary N) is 2. The Morgan fingerprint density at radius 3 is 2.53 bits per heavy atom. The molecule has 0 bridgehead atoms. The minimum Gasteiger partial charge on any atom is -0.481 e. The van der Waals surface area contributed by atoms with Gasteiger partial charge in [-0.3, -0.25) is 4.79 Å². The monoisotopic (exact) mass is 433 g/mol. The van der Waals surface area contributed by atoms with E-state index in [1.807, 2.05) is 0 Å². The van der Waals surface area contributed by atoms with Crippen LogP contribution in [-0.4, -0.2) is 42.9 Å². The van der Waals surface area contributed by atoms with Gasteiger partial charge in [0.15, 0.2) is 5.82 Å². The largest absolute Gasteiger partial charge is 0.481 e. The summed E-state index contributed by atoms with van der Waals surface area (Å²) >= 11 is 0. The summed E-state index contributed by atoms with van der Waals surface area (Å²) in [5.41, 5.74) is 0.350. The Balaban J connectivity index is 1.59. The fourth-order valence-electron chi connectivity index (χ4n) is 3.96. The molecule has 2 aliphatic rings. The van der Waals surface area contributed by atoms with Gasteiger partial charge in [-0.05, 0) is 50.6 Å². The number of hydrogen-bond donors (Lipinski definition) is 2. The number of ether oxygens (including phenoxy) is 2. The standard InChI is InChI=1S/C20H27F4N3O3/c1-11-7-16(25-9-11)17(28)26-10-12-8-15(21)19(27-18(12)29-2)30-14-5-3-13(4-6-14)20(22,23)24/h8,11,13-14,16,25H,3-7,9-10H2,1-2H3,(H,26,28). The van der Waals surface area contributed by atoms with Crippen molar-refractivity contribution in [1.29, 1.82) is 0 Å². The fraction of sp³-hybridized carbons (Fsp3) is 0.700. The summed E-state index contributed by atoms with van der Waals surface area (Å²) in [6.45, 7) is 2.86. The number of nitrogens with zero attached hydrogens (tertiary/aromatic N) is 1. The van der Waals surface area contributed by atoms with Crippen molar-refractivity contribution in [2.45, 2.75) is 63.9 Å². The van der Waals surface area contributed by atoms with E-state index in [4.69, 9.17) is 9.47 Å². The second-order valence-electron chi connectivity index (χ2n) is 8.10. The van der Waals surface area contributed by atoms with Gasteiger partial charge in [0, 0.05) is 12.1 Å². The quantitative estimate of drug-likeness (QED) is 0.674. The molecule has 1 saturated carbocycles. The zero-order valence-electron chi connectivity index (χ0n) is 17.0. The van der Waals surface area contributed by atoms with Gasteiger partial charge >= 0.3 is 6.18 Å². The van der Waals surface area contributed by atoms with E-state index in [9.17, 15) is 22.4 Å². The number of aromatic nitrogens is 1. The van der Waals surface area contributed by atoms with Crippen molar-refractivity contribution in [2.24, 2.45) is 11.8 Å². The van der Waals surface area contributed by atoms with E-state index in [0.717, 1.165) is 13.0 Å². The van der Waals surface area contributed by atoms with Gasteiger partial charge < -0.3 is 20.1 Å². The Kier molecular flexibility index (Phi) is 7.05. The number of alkyl halides is 3. The topological polar surface area (TPSA) is 72.5 Å². The van der Waals surface area contributed by atoms with Crippen LogP contribution < -0.4 is 20.1 Å². The smallest absolute Gasteiger partial charge is 0.391 e. The number of methoxy groups -OCH3 is 1. The second kappa shape index (κ2) is 9.36. The lowest BCUT2D eigenvalue weighted by molar-refractivity contribution is -0.185. The van der Waals surface area contributed by atoms with Crippen LogP contribution in [0.1, 0.15) is 44.6 Å². The van der Waals surface area contributed by atoms with Gasteiger partial charge in [0.1, 0.15) is 6.10 Å². The maximum absolute atomic E-state index is 14.5. The van der Waals surface area contributed by atoms with Crippen molar-refractivity contribution in [3.05, 3.63) is 17.4 Å². The average Bonchev–Trinajstić information content (AvgIpc) is 3.14. The number of amides is 1. The maximum atomic E-state index is 14.5. The summed E-state index contributed by atoms with van der Waals surface area (Å²) in [6, 6.07) is 0.895. The first-order valence-electron chi connectivity index (χ1n) is 10.1. The molecule has 30 heavy (non-hydrogen) atoms. The van der Waals surface area contributed by atoms with Crippen LogP contribution in [0.4, 0.5) is 17.6 Å². The van der Waals surface area contributed by atoms with Crippen LogP contribution in [0.25, 0.3) is 0 Å². The van der Waals surface area contributed by atoms with Gasteiger partial charge in [0.05, 0.1) is 19.1 Å². The molecule has 1 aromatic heterocycles. The van der Waals surface area contributed by atoms with Gasteiger partial charge in [-0.2, -0.15) is 18.2 Å². The Bertz CT molecular complexity index is 752. The van der Waals surface area contributed by atoms with Crippen LogP contribution in [0.3, 0.4) is 0 Å². The van der Waals surface area contributed by atoms with E-state index >= 15 is 0 Å². The van der Waals surface area contributed by atoms with Gasteiger partial charge in [0.25, 0.3) is 5.88 Å². The van der Waals surface area contributed by atoms with E-state index in [-0.39, 0.29) is 55.9 Å². The lowest BCUT2D eigenvalue weighted by atomic mass is 9.87. The molecule has 3 rings (SSSR count). The highest BCUT2D eigenvalue weighted by Gasteiger charge is 2.42. The predicted molar refractivity (Wildman–Crippen MR) is 101 cm³/mol. The third-order valence-electron chi connectivity index (χ3n) is 5.71. The van der Waals surface area contributed by atoms with Crippen molar-refractivity contribution >= 4 is 5.91 Å². The van der Waals surface area contributed by atoms with E-state index in [2.05, 4.69) is 22.5 Å². The molecule has 6 nitrogen and oxygen atoms in total. The molecule has 1 aromatic rings. The zero-order chi connectivity index (χ0) is 21.9. The van der Waals surface area contributed by atoms with Gasteiger partial charge in [0.2, 0.25) is 11.8 Å². The molecule has 1 aliphatic carbocycles. The van der Waals surface area contributed by atoms with Crippen molar-refractivity contribution in [3.63, 3.8) is 0 Å². The predicted octanol–water partition coefficient (Wildman–Crippen LogP) is 3.34. The lowest BCUT2D eigenvalue weighted by Gasteiger charge is -2.30. The molecule has 168 valence electrons. The molecule has 0 radical (unpaired) electrons. The molecular weight excluding hydrogens is 406 g/mol. The molecular formula is C20H27F4N3O3. The van der Waals surface area contributed by atoms with Gasteiger partial charge in [-0.1, -0.05) is 6.92 Å². The van der Waals surface area contributed by atoms with Crippen molar-refractivity contribution in [1.82, 2.24) is 15.6 Å². The second-order valence-corrected chi connectivity index (χ2v) is 8.10. The molecule has 2 N–H and O–H groups in total. The minimum absolute atomic E-state index is 0.0372. The van der Waals surface area contributed by atoms with Crippen LogP contribution in [-0.2, 0) is 11.3 Å². The van der Waals surface area contributed by atoms with E-state index in [0.29, 0.717) is 11.5 Å². The summed E-state index contributed by atoms with van der Waals surface area (Å²) in [5, 5.41) is 5.87. The summed E-state index contributed by atoms with van der Waals surface area (Å²) in [6.07, 6.45) is -3.75. The summed E-state index contributed by atoms with van der Waals surface area (Å²) < 4.78 is 63.6. The van der Waals surface area contributed by atoms with Crippen LogP contribution in [0, 0.1) is 17.7 Å². The van der Waals surface area contributed by atoms with Crippen LogP contribution >= 0.6 is 0 Å². The molecule has 2 heterocycles. The lowest BCUT2D eigenvalue weighted by Crippen LogP contribution is -2.40. The Morgan fingerprint density at radius 1 is 1.27 bits per heavy atom. The van der Waals surface area contributed by atoms with Crippen molar-refractivity contribution in [3.8, 4) is 11.8 Å². The molecule has 1 aliphatic heterocycles. The first kappa shape index (κ1) is 22.6. The van der Waals surface area contributed by atoms with Gasteiger partial charge in [-0.25, -0.2) is 4.39 Å². The highest BCUT2D eigenvalue weighted by atomic mass is 19.4. The maximum Gasteiger partial charge on any atom is 0.391 e. The summed E-state index contributed by atoms with van der Waals surface area (Å²) in [4.78, 5) is 16.3. The Labute approximate surface area is 172 Å². The molecule has 1 amide bonds. The number of rotatable bonds is 6. The Morgan fingerprint density at radius 2 is 1.97 bits per heavy atom. The highest BCUT2D eigenvalue weighted by molar-refractivity contribution is 5.82. The molecule has 1 saturated heterocycles. The summed E-state index contributed by atoms with van der Waals surface area (Å²) in [5.74, 6) is -2.05. The third kappa shape index (κ3) is 5.53. The summed E-state index contributed by atoms with van der Waals surface area (Å²) in [7, 11) is 1.37. The Hall–Kier alpha value is -2.10. The SMILES string of the molecule is COc1nc(OC2CCC(C(F)(F)F)CC2)c(F)cc1CNC(=O)C1CC(C)CN1. The van der Waals surface area contributed by atoms with Crippen LogP contribution in [0.5, 0.6) is 11.8 Å². The van der Waals surface area contributed by atoms with Crippen molar-refractivity contribution in [2.75, 3.05) is 13.7 Å². The molecule has 2 atom stereocenters. The fourth-order valence-corrected chi connectivity index (χ4v) is 3.96. The number of carbonyl (C=O) groups is 1. The number of hydrogen-bond acceptors (Lipinski definition) is 5. The minimum atomic E-state index is -4.21. The molecule has 10 heteroatoms. The number of halogens is 4.